The van der Waals surface area contributed by atoms with Gasteiger partial charge in [0.2, 0.25) is 11.7 Å². The van der Waals surface area contributed by atoms with Crippen LogP contribution in [0.5, 0.6) is 0 Å². The number of furan rings is 1. The molecule has 0 aliphatic rings. The van der Waals surface area contributed by atoms with Crippen LogP contribution >= 0.6 is 0 Å². The van der Waals surface area contributed by atoms with E-state index in [0.29, 0.717) is 11.3 Å². The molecule has 8 heteroatoms. The standard InChI is InChI=1S/C13H10F3N3O2/c14-13(15,16)7-17-6-11-18-12(19-21-11)10-5-8-3-1-2-4-9(8)20-10/h1-5,17H,6-7H2. The molecule has 110 valence electrons. The molecule has 1 aromatic carbocycles. The molecule has 3 aromatic rings. The van der Waals surface area contributed by atoms with E-state index in [2.05, 4.69) is 15.5 Å². The van der Waals surface area contributed by atoms with Gasteiger partial charge in [0, 0.05) is 5.39 Å². The summed E-state index contributed by atoms with van der Waals surface area (Å²) in [5.41, 5.74) is 0.675. The van der Waals surface area contributed by atoms with E-state index in [1.807, 2.05) is 18.2 Å². The SMILES string of the molecule is FC(F)(F)CNCc1nc(-c2cc3ccccc3o2)no1. The average Bonchev–Trinajstić information content (AvgIpc) is 3.02. The van der Waals surface area contributed by atoms with Gasteiger partial charge in [-0.2, -0.15) is 18.2 Å². The molecule has 1 N–H and O–H groups in total. The summed E-state index contributed by atoms with van der Waals surface area (Å²) in [7, 11) is 0. The van der Waals surface area contributed by atoms with Crippen LogP contribution in [-0.4, -0.2) is 22.9 Å². The fraction of sp³-hybridized carbons (Fsp3) is 0.231. The minimum atomic E-state index is -4.28. The molecule has 0 aliphatic heterocycles. The first-order chi connectivity index (χ1) is 10.0. The Hall–Kier alpha value is -2.35. The molecule has 3 rings (SSSR count). The third-order valence-electron chi connectivity index (χ3n) is 2.72. The topological polar surface area (TPSA) is 64.1 Å². The lowest BCUT2D eigenvalue weighted by Gasteiger charge is -2.05. The van der Waals surface area contributed by atoms with Gasteiger partial charge in [-0.1, -0.05) is 23.4 Å². The van der Waals surface area contributed by atoms with Gasteiger partial charge >= 0.3 is 6.18 Å². The molecular formula is C13H10F3N3O2. The molecule has 0 saturated heterocycles. The Balaban J connectivity index is 1.72. The molecule has 2 aromatic heterocycles. The van der Waals surface area contributed by atoms with Gasteiger partial charge in [0.15, 0.2) is 5.76 Å². The van der Waals surface area contributed by atoms with Crippen molar-refractivity contribution in [1.29, 1.82) is 0 Å². The summed E-state index contributed by atoms with van der Waals surface area (Å²) in [5.74, 6) is 0.673. The van der Waals surface area contributed by atoms with Crippen LogP contribution < -0.4 is 5.32 Å². The average molecular weight is 297 g/mol. The first-order valence-electron chi connectivity index (χ1n) is 6.10. The van der Waals surface area contributed by atoms with Crippen molar-refractivity contribution in [3.8, 4) is 11.6 Å². The Kier molecular flexibility index (Phi) is 3.38. The first kappa shape index (κ1) is 13.6. The maximum atomic E-state index is 12.0. The Morgan fingerprint density at radius 1 is 1.19 bits per heavy atom. The van der Waals surface area contributed by atoms with Crippen LogP contribution in [0.15, 0.2) is 39.3 Å². The normalized spacial score (nSPS) is 12.1. The molecule has 21 heavy (non-hydrogen) atoms. The van der Waals surface area contributed by atoms with Crippen molar-refractivity contribution in [2.45, 2.75) is 12.7 Å². The Morgan fingerprint density at radius 2 is 2.00 bits per heavy atom. The van der Waals surface area contributed by atoms with E-state index >= 15 is 0 Å². The third-order valence-corrected chi connectivity index (χ3v) is 2.72. The molecule has 0 spiro atoms. The van der Waals surface area contributed by atoms with Gasteiger partial charge < -0.3 is 14.3 Å². The molecule has 0 aliphatic carbocycles. The smallest absolute Gasteiger partial charge is 0.401 e. The monoisotopic (exact) mass is 297 g/mol. The Morgan fingerprint density at radius 3 is 2.76 bits per heavy atom. The second-order valence-corrected chi connectivity index (χ2v) is 4.38. The molecule has 2 heterocycles. The van der Waals surface area contributed by atoms with Crippen LogP contribution in [-0.2, 0) is 6.54 Å². The number of fused-ring (bicyclic) bond motifs is 1. The zero-order chi connectivity index (χ0) is 14.9. The molecule has 0 radical (unpaired) electrons. The summed E-state index contributed by atoms with van der Waals surface area (Å²) in [6, 6.07) is 9.11. The van der Waals surface area contributed by atoms with E-state index in [-0.39, 0.29) is 18.3 Å². The second kappa shape index (κ2) is 5.21. The predicted molar refractivity (Wildman–Crippen MR) is 67.3 cm³/mol. The number of rotatable bonds is 4. The van der Waals surface area contributed by atoms with E-state index in [1.54, 1.807) is 12.1 Å². The maximum Gasteiger partial charge on any atom is 0.401 e. The second-order valence-electron chi connectivity index (χ2n) is 4.38. The summed E-state index contributed by atoms with van der Waals surface area (Å²) in [6.07, 6.45) is -4.28. The minimum Gasteiger partial charge on any atom is -0.453 e. The number of alkyl halides is 3. The summed E-state index contributed by atoms with van der Waals surface area (Å²) >= 11 is 0. The molecule has 0 fully saturated rings. The zero-order valence-electron chi connectivity index (χ0n) is 10.6. The highest BCUT2D eigenvalue weighted by atomic mass is 19.4. The van der Waals surface area contributed by atoms with E-state index < -0.39 is 12.7 Å². The van der Waals surface area contributed by atoms with E-state index in [9.17, 15) is 13.2 Å². The summed E-state index contributed by atoms with van der Waals surface area (Å²) in [5, 5.41) is 6.76. The molecule has 0 saturated carbocycles. The van der Waals surface area contributed by atoms with Crippen LogP contribution in [0.2, 0.25) is 0 Å². The van der Waals surface area contributed by atoms with Gasteiger partial charge in [0.25, 0.3) is 0 Å². The minimum absolute atomic E-state index is 0.0645. The lowest BCUT2D eigenvalue weighted by Crippen LogP contribution is -2.28. The molecule has 0 amide bonds. The van der Waals surface area contributed by atoms with Gasteiger partial charge in [-0.15, -0.1) is 0 Å². The fourth-order valence-corrected chi connectivity index (χ4v) is 1.83. The molecule has 0 bridgehead atoms. The van der Waals surface area contributed by atoms with Gasteiger partial charge in [0.05, 0.1) is 13.1 Å². The third kappa shape index (κ3) is 3.22. The highest BCUT2D eigenvalue weighted by Gasteiger charge is 2.26. The number of hydrogen-bond acceptors (Lipinski definition) is 5. The van der Waals surface area contributed by atoms with Crippen LogP contribution in [0.4, 0.5) is 13.2 Å². The van der Waals surface area contributed by atoms with Crippen molar-refractivity contribution in [3.05, 3.63) is 36.2 Å². The van der Waals surface area contributed by atoms with Gasteiger partial charge in [-0.05, 0) is 12.1 Å². The lowest BCUT2D eigenvalue weighted by atomic mass is 10.2. The highest BCUT2D eigenvalue weighted by Crippen LogP contribution is 2.25. The van der Waals surface area contributed by atoms with Crippen LogP contribution in [0.25, 0.3) is 22.6 Å². The number of nitrogens with one attached hydrogen (secondary N) is 1. The van der Waals surface area contributed by atoms with Crippen LogP contribution in [0.1, 0.15) is 5.89 Å². The van der Waals surface area contributed by atoms with E-state index in [4.69, 9.17) is 8.94 Å². The van der Waals surface area contributed by atoms with Crippen molar-refractivity contribution >= 4 is 11.0 Å². The van der Waals surface area contributed by atoms with Gasteiger partial charge in [-0.3, -0.25) is 0 Å². The molecule has 0 atom stereocenters. The number of para-hydroxylation sites is 1. The summed E-state index contributed by atoms with van der Waals surface area (Å²) in [4.78, 5) is 3.99. The fourth-order valence-electron chi connectivity index (χ4n) is 1.83. The van der Waals surface area contributed by atoms with Crippen molar-refractivity contribution < 1.29 is 22.1 Å². The van der Waals surface area contributed by atoms with Gasteiger partial charge in [0.1, 0.15) is 5.58 Å². The van der Waals surface area contributed by atoms with Crippen molar-refractivity contribution in [2.24, 2.45) is 0 Å². The summed E-state index contributed by atoms with van der Waals surface area (Å²) in [6.45, 7) is -1.28. The molecular weight excluding hydrogens is 287 g/mol. The van der Waals surface area contributed by atoms with Gasteiger partial charge in [-0.25, -0.2) is 0 Å². The van der Waals surface area contributed by atoms with E-state index in [1.165, 1.54) is 0 Å². The predicted octanol–water partition coefficient (Wildman–Crippen LogP) is 3.13. The largest absolute Gasteiger partial charge is 0.453 e. The van der Waals surface area contributed by atoms with Crippen LogP contribution in [0.3, 0.4) is 0 Å². The maximum absolute atomic E-state index is 12.0. The number of aromatic nitrogens is 2. The highest BCUT2D eigenvalue weighted by molar-refractivity contribution is 5.81. The Bertz CT molecular complexity index is 715. The van der Waals surface area contributed by atoms with Crippen molar-refractivity contribution in [3.63, 3.8) is 0 Å². The first-order valence-corrected chi connectivity index (χ1v) is 6.10. The van der Waals surface area contributed by atoms with Crippen molar-refractivity contribution in [2.75, 3.05) is 6.54 Å². The van der Waals surface area contributed by atoms with Crippen molar-refractivity contribution in [1.82, 2.24) is 15.5 Å². The number of hydrogen-bond donors (Lipinski definition) is 1. The molecule has 0 unspecified atom stereocenters. The van der Waals surface area contributed by atoms with Crippen LogP contribution in [0, 0.1) is 0 Å². The summed E-state index contributed by atoms with van der Waals surface area (Å²) < 4.78 is 46.4. The number of nitrogens with zero attached hydrogens (tertiary/aromatic N) is 2. The quantitative estimate of drug-likeness (QED) is 0.801. The zero-order valence-corrected chi connectivity index (χ0v) is 10.6. The van der Waals surface area contributed by atoms with E-state index in [0.717, 1.165) is 5.39 Å². The molecule has 5 nitrogen and oxygen atoms in total. The Labute approximate surface area is 116 Å². The number of benzene rings is 1. The number of halogens is 3. The lowest BCUT2D eigenvalue weighted by molar-refractivity contribution is -0.125.